The van der Waals surface area contributed by atoms with E-state index in [0.717, 1.165) is 0 Å². The molecule has 0 unspecified atom stereocenters. The van der Waals surface area contributed by atoms with Crippen LogP contribution in [-0.2, 0) is 0 Å². The Morgan fingerprint density at radius 2 is 1.94 bits per heavy atom. The third-order valence-corrected chi connectivity index (χ3v) is 4.35. The summed E-state index contributed by atoms with van der Waals surface area (Å²) >= 11 is 0. The highest BCUT2D eigenvalue weighted by Crippen LogP contribution is 2.35. The number of hydrogen-bond acceptors (Lipinski definition) is 3. The number of piperidine rings is 1. The lowest BCUT2D eigenvalue weighted by Gasteiger charge is -2.31. The number of hydrogen-bond donors (Lipinski definition) is 0. The van der Waals surface area contributed by atoms with Gasteiger partial charge in [0.25, 0.3) is 0 Å². The zero-order valence-corrected chi connectivity index (χ0v) is 11.3. The molecular weight excluding hydrogens is 222 g/mol. The first-order chi connectivity index (χ1) is 8.86. The van der Waals surface area contributed by atoms with Crippen LogP contribution in [0.5, 0.6) is 0 Å². The van der Waals surface area contributed by atoms with Crippen molar-refractivity contribution in [3.05, 3.63) is 23.9 Å². The van der Waals surface area contributed by atoms with E-state index >= 15 is 0 Å². The molecule has 2 aliphatic heterocycles. The van der Waals surface area contributed by atoms with Crippen molar-refractivity contribution in [2.45, 2.75) is 38.1 Å². The van der Waals surface area contributed by atoms with Crippen LogP contribution in [0.25, 0.3) is 0 Å². The molecule has 18 heavy (non-hydrogen) atoms. The van der Waals surface area contributed by atoms with E-state index in [4.69, 9.17) is 0 Å². The molecule has 0 aliphatic carbocycles. The molecule has 0 spiro atoms. The van der Waals surface area contributed by atoms with Crippen LogP contribution < -0.4 is 4.90 Å². The summed E-state index contributed by atoms with van der Waals surface area (Å²) in [7, 11) is 2.24. The molecule has 98 valence electrons. The quantitative estimate of drug-likeness (QED) is 0.798. The monoisotopic (exact) mass is 245 g/mol. The number of rotatable bonds is 2. The number of likely N-dealkylation sites (tertiary alicyclic amines) is 1. The van der Waals surface area contributed by atoms with Crippen molar-refractivity contribution in [1.29, 1.82) is 0 Å². The van der Waals surface area contributed by atoms with E-state index in [1.165, 1.54) is 63.1 Å². The van der Waals surface area contributed by atoms with Crippen molar-refractivity contribution in [3.8, 4) is 0 Å². The molecule has 3 rings (SSSR count). The predicted molar refractivity (Wildman–Crippen MR) is 74.9 cm³/mol. The van der Waals surface area contributed by atoms with Gasteiger partial charge in [0.2, 0.25) is 0 Å². The summed E-state index contributed by atoms with van der Waals surface area (Å²) in [4.78, 5) is 9.65. The fourth-order valence-electron chi connectivity index (χ4n) is 3.34. The third-order valence-electron chi connectivity index (χ3n) is 4.35. The van der Waals surface area contributed by atoms with E-state index in [1.54, 1.807) is 0 Å². The molecule has 0 N–H and O–H groups in total. The second kappa shape index (κ2) is 5.27. The summed E-state index contributed by atoms with van der Waals surface area (Å²) < 4.78 is 0. The second-order valence-corrected chi connectivity index (χ2v) is 5.60. The second-order valence-electron chi connectivity index (χ2n) is 5.60. The molecule has 0 radical (unpaired) electrons. The molecule has 2 fully saturated rings. The summed E-state index contributed by atoms with van der Waals surface area (Å²) in [6.07, 6.45) is 8.55. The first kappa shape index (κ1) is 12.0. The van der Waals surface area contributed by atoms with Gasteiger partial charge in [-0.05, 0) is 51.8 Å². The van der Waals surface area contributed by atoms with Crippen molar-refractivity contribution >= 4 is 5.82 Å². The highest BCUT2D eigenvalue weighted by atomic mass is 15.2. The summed E-state index contributed by atoms with van der Waals surface area (Å²) in [5.74, 6) is 1.25. The first-order valence-corrected chi connectivity index (χ1v) is 7.26. The first-order valence-electron chi connectivity index (χ1n) is 7.26. The Morgan fingerprint density at radius 1 is 1.11 bits per heavy atom. The van der Waals surface area contributed by atoms with Crippen LogP contribution in [-0.4, -0.2) is 36.6 Å². The minimum atomic E-state index is 0.579. The number of aromatic nitrogens is 1. The fraction of sp³-hybridized carbons (Fsp3) is 0.667. The molecule has 3 heteroatoms. The summed E-state index contributed by atoms with van der Waals surface area (Å²) in [5.41, 5.74) is 1.44. The van der Waals surface area contributed by atoms with Crippen molar-refractivity contribution < 1.29 is 0 Å². The highest BCUT2D eigenvalue weighted by Gasteiger charge is 2.27. The molecule has 0 aromatic carbocycles. The average Bonchev–Trinajstić information content (AvgIpc) is 2.86. The molecule has 1 atom stereocenters. The van der Waals surface area contributed by atoms with Gasteiger partial charge in [-0.15, -0.1) is 0 Å². The van der Waals surface area contributed by atoms with E-state index in [0.29, 0.717) is 6.04 Å². The SMILES string of the molecule is CN1CCC[C@@H]1c1cccnc1N1CCCCC1. The Labute approximate surface area is 110 Å². The molecule has 3 heterocycles. The third kappa shape index (κ3) is 2.24. The van der Waals surface area contributed by atoms with E-state index in [-0.39, 0.29) is 0 Å². The number of nitrogens with zero attached hydrogens (tertiary/aromatic N) is 3. The van der Waals surface area contributed by atoms with E-state index < -0.39 is 0 Å². The van der Waals surface area contributed by atoms with Crippen LogP contribution >= 0.6 is 0 Å². The summed E-state index contributed by atoms with van der Waals surface area (Å²) in [5, 5.41) is 0. The van der Waals surface area contributed by atoms with Crippen molar-refractivity contribution in [3.63, 3.8) is 0 Å². The van der Waals surface area contributed by atoms with Crippen molar-refractivity contribution in [2.75, 3.05) is 31.6 Å². The van der Waals surface area contributed by atoms with Crippen LogP contribution in [0.1, 0.15) is 43.7 Å². The lowest BCUT2D eigenvalue weighted by Crippen LogP contribution is -2.32. The van der Waals surface area contributed by atoms with E-state index in [9.17, 15) is 0 Å². The van der Waals surface area contributed by atoms with Crippen LogP contribution in [0.15, 0.2) is 18.3 Å². The van der Waals surface area contributed by atoms with Crippen LogP contribution in [0.3, 0.4) is 0 Å². The minimum absolute atomic E-state index is 0.579. The molecule has 1 aromatic heterocycles. The van der Waals surface area contributed by atoms with Gasteiger partial charge in [0.1, 0.15) is 5.82 Å². The van der Waals surface area contributed by atoms with Gasteiger partial charge in [-0.1, -0.05) is 6.07 Å². The number of anilines is 1. The maximum Gasteiger partial charge on any atom is 0.133 e. The average molecular weight is 245 g/mol. The van der Waals surface area contributed by atoms with Gasteiger partial charge in [-0.25, -0.2) is 4.98 Å². The van der Waals surface area contributed by atoms with Gasteiger partial charge in [-0.2, -0.15) is 0 Å². The molecule has 0 amide bonds. The van der Waals surface area contributed by atoms with Gasteiger partial charge < -0.3 is 4.90 Å². The normalized spacial score (nSPS) is 25.6. The Kier molecular flexibility index (Phi) is 3.50. The largest absolute Gasteiger partial charge is 0.356 e. The Hall–Kier alpha value is -1.09. The smallest absolute Gasteiger partial charge is 0.133 e. The fourth-order valence-corrected chi connectivity index (χ4v) is 3.34. The minimum Gasteiger partial charge on any atom is -0.356 e. The molecule has 0 bridgehead atoms. The Balaban J connectivity index is 1.89. The maximum atomic E-state index is 4.68. The zero-order valence-electron chi connectivity index (χ0n) is 11.3. The Morgan fingerprint density at radius 3 is 2.67 bits per heavy atom. The van der Waals surface area contributed by atoms with Gasteiger partial charge >= 0.3 is 0 Å². The van der Waals surface area contributed by atoms with Crippen molar-refractivity contribution in [1.82, 2.24) is 9.88 Å². The molecule has 3 nitrogen and oxygen atoms in total. The topological polar surface area (TPSA) is 19.4 Å². The molecule has 2 aliphatic rings. The van der Waals surface area contributed by atoms with E-state index in [2.05, 4.69) is 34.0 Å². The number of pyridine rings is 1. The predicted octanol–water partition coefficient (Wildman–Crippen LogP) is 2.84. The van der Waals surface area contributed by atoms with E-state index in [1.807, 2.05) is 6.20 Å². The lowest BCUT2D eigenvalue weighted by atomic mass is 10.0. The maximum absolute atomic E-state index is 4.68. The summed E-state index contributed by atoms with van der Waals surface area (Å²) in [6.45, 7) is 3.58. The van der Waals surface area contributed by atoms with Gasteiger partial charge in [0, 0.05) is 30.9 Å². The Bertz CT molecular complexity index is 398. The van der Waals surface area contributed by atoms with Gasteiger partial charge in [0.15, 0.2) is 0 Å². The van der Waals surface area contributed by atoms with Crippen LogP contribution in [0, 0.1) is 0 Å². The van der Waals surface area contributed by atoms with Crippen LogP contribution in [0.2, 0.25) is 0 Å². The molecule has 0 saturated carbocycles. The van der Waals surface area contributed by atoms with Gasteiger partial charge in [-0.3, -0.25) is 4.90 Å². The highest BCUT2D eigenvalue weighted by molar-refractivity contribution is 5.49. The summed E-state index contributed by atoms with van der Waals surface area (Å²) in [6, 6.07) is 4.95. The molecule has 2 saturated heterocycles. The lowest BCUT2D eigenvalue weighted by molar-refractivity contribution is 0.317. The van der Waals surface area contributed by atoms with Crippen molar-refractivity contribution in [2.24, 2.45) is 0 Å². The molecular formula is C15H23N3. The molecule has 1 aromatic rings. The standard InChI is InChI=1S/C15H23N3/c1-17-10-6-8-14(17)13-7-5-9-16-15(13)18-11-3-2-4-12-18/h5,7,9,14H,2-4,6,8,10-12H2,1H3/t14-/m1/s1. The van der Waals surface area contributed by atoms with Crippen LogP contribution in [0.4, 0.5) is 5.82 Å². The zero-order chi connectivity index (χ0) is 12.4. The van der Waals surface area contributed by atoms with Gasteiger partial charge in [0.05, 0.1) is 0 Å².